The van der Waals surface area contributed by atoms with Gasteiger partial charge in [0.2, 0.25) is 0 Å². The van der Waals surface area contributed by atoms with E-state index >= 15 is 0 Å². The second-order valence-electron chi connectivity index (χ2n) is 4.10. The maximum atomic E-state index is 11.3. The Morgan fingerprint density at radius 2 is 2.44 bits per heavy atom. The van der Waals surface area contributed by atoms with Gasteiger partial charge in [-0.25, -0.2) is 0 Å². The molecular weight excluding hydrogens is 206 g/mol. The van der Waals surface area contributed by atoms with Gasteiger partial charge in [-0.2, -0.15) is 5.10 Å². The monoisotopic (exact) mass is 225 g/mol. The molecular formula is C11H19N3O2. The minimum Gasteiger partial charge on any atom is -0.469 e. The third-order valence-electron chi connectivity index (χ3n) is 2.81. The van der Waals surface area contributed by atoms with Crippen LogP contribution in [0.3, 0.4) is 0 Å². The normalized spacial score (nSPS) is 14.4. The van der Waals surface area contributed by atoms with E-state index in [9.17, 15) is 4.79 Å². The van der Waals surface area contributed by atoms with Gasteiger partial charge in [0.1, 0.15) is 0 Å². The zero-order valence-electron chi connectivity index (χ0n) is 10.0. The van der Waals surface area contributed by atoms with Gasteiger partial charge in [-0.05, 0) is 19.4 Å². The van der Waals surface area contributed by atoms with Crippen molar-refractivity contribution in [2.24, 2.45) is 0 Å². The van der Waals surface area contributed by atoms with Crippen molar-refractivity contribution in [2.45, 2.75) is 38.8 Å². The summed E-state index contributed by atoms with van der Waals surface area (Å²) in [5.74, 6) is -0.193. The number of esters is 1. The number of nitrogens with one attached hydrogen (secondary N) is 2. The number of ether oxygens (including phenoxy) is 1. The molecule has 0 radical (unpaired) electrons. The second-order valence-corrected chi connectivity index (χ2v) is 4.10. The van der Waals surface area contributed by atoms with Crippen molar-refractivity contribution in [1.29, 1.82) is 0 Å². The molecule has 1 atom stereocenters. The van der Waals surface area contributed by atoms with Crippen molar-refractivity contribution in [3.8, 4) is 0 Å². The number of methoxy groups -OCH3 is 1. The first kappa shape index (κ1) is 12.7. The molecule has 1 heterocycles. The van der Waals surface area contributed by atoms with Gasteiger partial charge in [0.25, 0.3) is 0 Å². The molecule has 1 rings (SSSR count). The highest BCUT2D eigenvalue weighted by Gasteiger charge is 2.25. The summed E-state index contributed by atoms with van der Waals surface area (Å²) in [5, 5.41) is 10.1. The maximum Gasteiger partial charge on any atom is 0.307 e. The molecule has 1 unspecified atom stereocenters. The van der Waals surface area contributed by atoms with E-state index in [1.807, 2.05) is 19.9 Å². The van der Waals surface area contributed by atoms with E-state index in [-0.39, 0.29) is 11.5 Å². The molecule has 0 aromatic carbocycles. The molecule has 90 valence electrons. The van der Waals surface area contributed by atoms with Crippen molar-refractivity contribution in [3.63, 3.8) is 0 Å². The van der Waals surface area contributed by atoms with Crippen LogP contribution in [-0.2, 0) is 16.1 Å². The number of hydrogen-bond donors (Lipinski definition) is 2. The van der Waals surface area contributed by atoms with Crippen LogP contribution >= 0.6 is 0 Å². The predicted molar refractivity (Wildman–Crippen MR) is 60.8 cm³/mol. The van der Waals surface area contributed by atoms with E-state index in [2.05, 4.69) is 20.3 Å². The van der Waals surface area contributed by atoms with Crippen LogP contribution in [0.1, 0.15) is 32.4 Å². The first-order valence-electron chi connectivity index (χ1n) is 5.40. The molecule has 16 heavy (non-hydrogen) atoms. The van der Waals surface area contributed by atoms with Crippen molar-refractivity contribution in [1.82, 2.24) is 15.5 Å². The average molecular weight is 225 g/mol. The molecule has 1 aromatic heterocycles. The average Bonchev–Trinajstić information content (AvgIpc) is 2.79. The van der Waals surface area contributed by atoms with E-state index in [4.69, 9.17) is 0 Å². The van der Waals surface area contributed by atoms with Gasteiger partial charge in [-0.3, -0.25) is 9.89 Å². The lowest BCUT2D eigenvalue weighted by Crippen LogP contribution is -2.43. The molecule has 0 spiro atoms. The van der Waals surface area contributed by atoms with Gasteiger partial charge in [0, 0.05) is 24.0 Å². The third kappa shape index (κ3) is 3.66. The Bertz CT molecular complexity index is 324. The Balaban J connectivity index is 2.49. The Hall–Kier alpha value is -1.36. The summed E-state index contributed by atoms with van der Waals surface area (Å²) in [5.41, 5.74) is 0.766. The second kappa shape index (κ2) is 5.65. The smallest absolute Gasteiger partial charge is 0.307 e. The lowest BCUT2D eigenvalue weighted by molar-refractivity contribution is -0.142. The first-order valence-corrected chi connectivity index (χ1v) is 5.40. The van der Waals surface area contributed by atoms with Crippen LogP contribution in [0, 0.1) is 0 Å². The summed E-state index contributed by atoms with van der Waals surface area (Å²) in [4.78, 5) is 11.3. The maximum absolute atomic E-state index is 11.3. The van der Waals surface area contributed by atoms with Crippen LogP contribution in [0.25, 0.3) is 0 Å². The Labute approximate surface area is 95.6 Å². The minimum atomic E-state index is -0.238. The standard InChI is InChI=1S/C11H19N3O2/c1-4-11(2,7-10(15)16-3)12-8-9-5-6-13-14-9/h5-6,12H,4,7-8H2,1-3H3,(H,13,14). The molecule has 1 aromatic rings. The third-order valence-corrected chi connectivity index (χ3v) is 2.81. The van der Waals surface area contributed by atoms with Crippen molar-refractivity contribution < 1.29 is 9.53 Å². The predicted octanol–water partition coefficient (Wildman–Crippen LogP) is 1.23. The number of aromatic amines is 1. The topological polar surface area (TPSA) is 67.0 Å². The molecule has 5 heteroatoms. The lowest BCUT2D eigenvalue weighted by Gasteiger charge is -2.28. The van der Waals surface area contributed by atoms with Gasteiger partial charge in [0.05, 0.1) is 13.5 Å². The van der Waals surface area contributed by atoms with E-state index in [0.29, 0.717) is 13.0 Å². The summed E-state index contributed by atoms with van der Waals surface area (Å²) in [6, 6.07) is 1.90. The molecule has 0 saturated carbocycles. The van der Waals surface area contributed by atoms with E-state index in [1.54, 1.807) is 6.20 Å². The van der Waals surface area contributed by atoms with E-state index < -0.39 is 0 Å². The lowest BCUT2D eigenvalue weighted by atomic mass is 9.94. The van der Waals surface area contributed by atoms with E-state index in [1.165, 1.54) is 7.11 Å². The van der Waals surface area contributed by atoms with Crippen LogP contribution in [-0.4, -0.2) is 28.8 Å². The molecule has 0 aliphatic rings. The fraction of sp³-hybridized carbons (Fsp3) is 0.636. The number of nitrogens with zero attached hydrogens (tertiary/aromatic N) is 1. The SMILES string of the molecule is CCC(C)(CC(=O)OC)NCc1ccn[nH]1. The van der Waals surface area contributed by atoms with E-state index in [0.717, 1.165) is 12.1 Å². The molecule has 0 aliphatic carbocycles. The number of carbonyl (C=O) groups is 1. The Kier molecular flexibility index (Phi) is 4.49. The number of H-pyrrole nitrogens is 1. The van der Waals surface area contributed by atoms with Crippen molar-refractivity contribution in [2.75, 3.05) is 7.11 Å². The van der Waals surface area contributed by atoms with Crippen LogP contribution < -0.4 is 5.32 Å². The van der Waals surface area contributed by atoms with Crippen molar-refractivity contribution >= 4 is 5.97 Å². The summed E-state index contributed by atoms with van der Waals surface area (Å²) in [6.07, 6.45) is 2.94. The summed E-state index contributed by atoms with van der Waals surface area (Å²) in [7, 11) is 1.41. The van der Waals surface area contributed by atoms with Crippen molar-refractivity contribution in [3.05, 3.63) is 18.0 Å². The number of carbonyl (C=O) groups excluding carboxylic acids is 1. The van der Waals surface area contributed by atoms with Crippen LogP contribution in [0.5, 0.6) is 0 Å². The van der Waals surface area contributed by atoms with Gasteiger partial charge >= 0.3 is 5.97 Å². The molecule has 0 saturated heterocycles. The summed E-state index contributed by atoms with van der Waals surface area (Å²) < 4.78 is 4.69. The number of hydrogen-bond acceptors (Lipinski definition) is 4. The highest BCUT2D eigenvalue weighted by Crippen LogP contribution is 2.15. The molecule has 0 amide bonds. The molecule has 2 N–H and O–H groups in total. The fourth-order valence-corrected chi connectivity index (χ4v) is 1.39. The highest BCUT2D eigenvalue weighted by molar-refractivity contribution is 5.70. The van der Waals surface area contributed by atoms with Gasteiger partial charge in [-0.1, -0.05) is 6.92 Å². The molecule has 0 bridgehead atoms. The largest absolute Gasteiger partial charge is 0.469 e. The first-order chi connectivity index (χ1) is 7.59. The Morgan fingerprint density at radius 3 is 2.94 bits per heavy atom. The zero-order valence-corrected chi connectivity index (χ0v) is 10.0. The Morgan fingerprint density at radius 1 is 1.69 bits per heavy atom. The van der Waals surface area contributed by atoms with Gasteiger partial charge < -0.3 is 10.1 Å². The van der Waals surface area contributed by atoms with Crippen LogP contribution in [0.2, 0.25) is 0 Å². The van der Waals surface area contributed by atoms with Gasteiger partial charge in [0.15, 0.2) is 0 Å². The van der Waals surface area contributed by atoms with Crippen LogP contribution in [0.4, 0.5) is 0 Å². The minimum absolute atomic E-state index is 0.193. The summed E-state index contributed by atoms with van der Waals surface area (Å²) >= 11 is 0. The number of rotatable bonds is 6. The van der Waals surface area contributed by atoms with Crippen LogP contribution in [0.15, 0.2) is 12.3 Å². The summed E-state index contributed by atoms with van der Waals surface area (Å²) in [6.45, 7) is 4.73. The van der Waals surface area contributed by atoms with Gasteiger partial charge in [-0.15, -0.1) is 0 Å². The molecule has 0 aliphatic heterocycles. The fourth-order valence-electron chi connectivity index (χ4n) is 1.39. The number of aromatic nitrogens is 2. The molecule has 0 fully saturated rings. The quantitative estimate of drug-likeness (QED) is 0.715. The highest BCUT2D eigenvalue weighted by atomic mass is 16.5. The molecule has 5 nitrogen and oxygen atoms in total. The zero-order chi connectivity index (χ0) is 12.0.